The van der Waals surface area contributed by atoms with Crippen molar-refractivity contribution in [1.82, 2.24) is 13.7 Å². The van der Waals surface area contributed by atoms with Crippen LogP contribution in [0.15, 0.2) is 146 Å². The van der Waals surface area contributed by atoms with Gasteiger partial charge in [0.25, 0.3) is 0 Å². The van der Waals surface area contributed by atoms with E-state index >= 15 is 0 Å². The molecule has 0 saturated carbocycles. The fourth-order valence-corrected chi connectivity index (χ4v) is 9.49. The highest BCUT2D eigenvalue weighted by Gasteiger charge is 2.63. The molecule has 3 saturated heterocycles. The largest absolute Gasteiger partial charge is 0.488 e. The molecule has 6 heterocycles. The molecule has 86 heavy (non-hydrogen) atoms. The molecular formula is C69H103B3Br3FIN3O6. The first-order valence-electron chi connectivity index (χ1n) is 30.6. The number of hydrogen-bond acceptors (Lipinski definition) is 6. The van der Waals surface area contributed by atoms with Crippen LogP contribution in [0.25, 0.3) is 65.4 Å². The second-order valence-electron chi connectivity index (χ2n) is 22.2. The van der Waals surface area contributed by atoms with Gasteiger partial charge in [0.15, 0.2) is 0 Å². The number of aromatic nitrogens is 3. The van der Waals surface area contributed by atoms with Gasteiger partial charge < -0.3 is 41.6 Å². The molecule has 9 aromatic rings. The lowest BCUT2D eigenvalue weighted by Crippen LogP contribution is -2.41. The van der Waals surface area contributed by atoms with Crippen molar-refractivity contribution in [2.24, 2.45) is 21.1 Å². The van der Waals surface area contributed by atoms with Crippen LogP contribution in [0.2, 0.25) is 6.82 Å². The highest BCUT2D eigenvalue weighted by atomic mass is 127. The minimum Gasteiger partial charge on any atom is -0.405 e. The summed E-state index contributed by atoms with van der Waals surface area (Å²) in [5.74, 6) is 1.81. The van der Waals surface area contributed by atoms with Gasteiger partial charge in [0.05, 0.1) is 45.5 Å². The molecule has 0 atom stereocenters. The van der Waals surface area contributed by atoms with Crippen LogP contribution >= 0.6 is 70.4 Å². The quantitative estimate of drug-likeness (QED) is 0.0927. The Hall–Kier alpha value is -3.23. The maximum atomic E-state index is 9.96. The summed E-state index contributed by atoms with van der Waals surface area (Å²) in [6.45, 7) is 40.4. The number of para-hydroxylation sites is 6. The summed E-state index contributed by atoms with van der Waals surface area (Å²) in [7, 11) is 4.33. The maximum Gasteiger partial charge on any atom is 0.488 e. The zero-order chi connectivity index (χ0) is 66.7. The van der Waals surface area contributed by atoms with Crippen molar-refractivity contribution in [3.63, 3.8) is 0 Å². The van der Waals surface area contributed by atoms with Crippen molar-refractivity contribution in [2.45, 2.75) is 172 Å². The van der Waals surface area contributed by atoms with E-state index in [2.05, 4.69) is 279 Å². The third kappa shape index (κ3) is 20.1. The average molecular weight is 1490 g/mol. The Morgan fingerprint density at radius 1 is 0.395 bits per heavy atom. The second-order valence-corrected chi connectivity index (χ2v) is 26.8. The fraction of sp³-hybridized carbons (Fsp3) is 0.478. The average Bonchev–Trinajstić information content (AvgIpc) is 2.23. The number of aryl methyl sites for hydroxylation is 3. The first-order chi connectivity index (χ1) is 41.1. The molecule has 0 radical (unpaired) electrons. The number of alkyl halides is 5. The van der Waals surface area contributed by atoms with Crippen LogP contribution in [-0.2, 0) is 49.1 Å². The van der Waals surface area contributed by atoms with Gasteiger partial charge in [0.2, 0.25) is 0 Å². The summed E-state index contributed by atoms with van der Waals surface area (Å²) in [5, 5.41) is 9.09. The van der Waals surface area contributed by atoms with Crippen molar-refractivity contribution in [1.29, 1.82) is 0 Å². The lowest BCUT2D eigenvalue weighted by Gasteiger charge is -2.32. The van der Waals surface area contributed by atoms with Gasteiger partial charge in [0, 0.05) is 91.9 Å². The minimum absolute atomic E-state index is 0.0648. The van der Waals surface area contributed by atoms with E-state index in [4.69, 9.17) is 29.3 Å². The molecule has 6 aromatic carbocycles. The molecule has 3 aromatic heterocycles. The molecule has 12 rings (SSSR count). The molecule has 0 bridgehead atoms. The Balaban J connectivity index is 0.000000514. The van der Waals surface area contributed by atoms with Crippen LogP contribution in [0.4, 0.5) is 4.39 Å². The van der Waals surface area contributed by atoms with Gasteiger partial charge in [0.1, 0.15) is 0 Å². The van der Waals surface area contributed by atoms with Crippen molar-refractivity contribution in [3.05, 3.63) is 146 Å². The summed E-state index contributed by atoms with van der Waals surface area (Å²) in [4.78, 5) is 0. The van der Waals surface area contributed by atoms with E-state index in [9.17, 15) is 4.39 Å². The van der Waals surface area contributed by atoms with E-state index in [0.29, 0.717) is 0 Å². The van der Waals surface area contributed by atoms with Crippen LogP contribution in [0.5, 0.6) is 0 Å². The summed E-state index contributed by atoms with van der Waals surface area (Å²) in [5.41, 5.74) is 6.04. The Kier molecular flexibility index (Phi) is 34.7. The summed E-state index contributed by atoms with van der Waals surface area (Å²) >= 11 is 11.4. The van der Waals surface area contributed by atoms with Crippen molar-refractivity contribution in [2.75, 3.05) is 21.7 Å². The molecule has 0 N–H and O–H groups in total. The number of benzene rings is 6. The Morgan fingerprint density at radius 2 is 0.523 bits per heavy atom. The van der Waals surface area contributed by atoms with Gasteiger partial charge in [-0.3, -0.25) is 4.39 Å². The van der Waals surface area contributed by atoms with E-state index in [0.717, 1.165) is 8.67 Å². The third-order valence-electron chi connectivity index (χ3n) is 15.6. The molecule has 9 nitrogen and oxygen atoms in total. The number of halogens is 5. The highest BCUT2D eigenvalue weighted by molar-refractivity contribution is 14.1. The standard InChI is InChI=1S/3C13H11N.C12H24B2O4.C7H15BO2.C2H5Br.3C2H6.CH2BrI.CH3Br.CH3F/c3*1-14-12-8-4-2-6-10(12)11-7-3-5-9-13(11)14;1-9(2)10(3,4)16-13(15-9)14-17-11(5,6)12(7,8)18-14;1-6(2)7(3,4)10-8(5)9-6;1-2-3;3*1-2;2-1-3;2*1-2/h3*2-9H,1H3;1-8H3;1-5H3;2H2,1H3;3*1-2H3;1H2;2*1H3/i;;;;;;;;;;;1D. The van der Waals surface area contributed by atoms with Gasteiger partial charge in [-0.05, 0) is 132 Å². The smallest absolute Gasteiger partial charge is 0.405 e. The zero-order valence-corrected chi connectivity index (χ0v) is 63.3. The molecule has 3 aliphatic heterocycles. The van der Waals surface area contributed by atoms with Crippen LogP contribution < -0.4 is 0 Å². The molecular weight excluding hydrogens is 1380 g/mol. The number of nitrogens with zero attached hydrogens (tertiary/aromatic N) is 3. The maximum absolute atomic E-state index is 9.96. The number of hydrogen-bond donors (Lipinski definition) is 0. The fourth-order valence-electron chi connectivity index (χ4n) is 9.49. The molecule has 0 amide bonds. The van der Waals surface area contributed by atoms with E-state index < -0.39 is 21.2 Å². The predicted octanol–water partition coefficient (Wildman–Crippen LogP) is 21.8. The SMILES string of the molecule is BrCI.CB1OC(C)(C)C(C)(C)O1.CBr.CC.CC.CC.CC1(C)OB(B2OC(C)(C)C(C)(C)O2)OC1(C)C.CCBr.Cn1c2ccccc2c2ccccc21.Cn1c2ccccc2c2ccccc21.Cn1c2ccccc2c2ccccc21.[2H]CF. The van der Waals surface area contributed by atoms with E-state index in [1.165, 1.54) is 65.4 Å². The van der Waals surface area contributed by atoms with Gasteiger partial charge >= 0.3 is 21.1 Å². The van der Waals surface area contributed by atoms with Crippen LogP contribution in [0.1, 0.15) is 133 Å². The monoisotopic (exact) mass is 1490 g/mol. The van der Waals surface area contributed by atoms with Crippen molar-refractivity contribution >= 4 is 157 Å². The summed E-state index contributed by atoms with van der Waals surface area (Å²) in [6.07, 6.45) is 0. The zero-order valence-electron chi connectivity index (χ0n) is 57.4. The molecule has 474 valence electrons. The Morgan fingerprint density at radius 3 is 0.651 bits per heavy atom. The van der Waals surface area contributed by atoms with Gasteiger partial charge in [-0.25, -0.2) is 0 Å². The lowest BCUT2D eigenvalue weighted by atomic mass is 9.49. The lowest BCUT2D eigenvalue weighted by molar-refractivity contribution is 0.00578. The van der Waals surface area contributed by atoms with Gasteiger partial charge in [-0.1, -0.05) is 228 Å². The first-order valence-corrected chi connectivity index (χ1v) is 35.2. The highest BCUT2D eigenvalue weighted by Crippen LogP contribution is 2.43. The van der Waals surface area contributed by atoms with Gasteiger partial charge in [-0.15, -0.1) is 0 Å². The Labute approximate surface area is 560 Å². The van der Waals surface area contributed by atoms with E-state index in [-0.39, 0.29) is 40.7 Å². The number of fused-ring (bicyclic) bond motifs is 9. The topological polar surface area (TPSA) is 70.2 Å². The third-order valence-corrected chi connectivity index (χ3v) is 15.6. The second kappa shape index (κ2) is 37.8. The number of rotatable bonds is 1. The van der Waals surface area contributed by atoms with Gasteiger partial charge in [-0.2, -0.15) is 0 Å². The van der Waals surface area contributed by atoms with E-state index in [1.807, 2.05) is 117 Å². The Bertz CT molecular complexity index is 2880. The van der Waals surface area contributed by atoms with Crippen LogP contribution in [0, 0.1) is 0 Å². The molecule has 17 heteroatoms. The normalized spacial score (nSPS) is 16.5. The van der Waals surface area contributed by atoms with Crippen molar-refractivity contribution < 1.29 is 33.7 Å². The first kappa shape index (κ1) is 78.9. The summed E-state index contributed by atoms with van der Waals surface area (Å²) in [6, 6.07) is 51.1. The molecule has 0 unspecified atom stereocenters. The van der Waals surface area contributed by atoms with Crippen molar-refractivity contribution in [3.8, 4) is 0 Å². The predicted molar refractivity (Wildman–Crippen MR) is 399 cm³/mol. The van der Waals surface area contributed by atoms with E-state index in [1.54, 1.807) is 0 Å². The molecule has 0 aliphatic carbocycles. The summed E-state index contributed by atoms with van der Waals surface area (Å²) < 4.78 is 58.2. The minimum atomic E-state index is -1.00. The molecule has 3 aliphatic rings. The molecule has 3 fully saturated rings. The van der Waals surface area contributed by atoms with Crippen LogP contribution in [0.3, 0.4) is 0 Å². The van der Waals surface area contributed by atoms with Crippen LogP contribution in [-0.4, -0.2) is 90.1 Å². The molecule has 0 spiro atoms.